The van der Waals surface area contributed by atoms with Crippen LogP contribution in [0.25, 0.3) is 0 Å². The molecule has 0 bridgehead atoms. The van der Waals surface area contributed by atoms with Crippen LogP contribution in [0.15, 0.2) is 28.0 Å². The third-order valence-electron chi connectivity index (χ3n) is 2.21. The number of hydrazine groups is 1. The number of rotatable bonds is 4. The topological polar surface area (TPSA) is 96.9 Å². The molecule has 90 valence electrons. The van der Waals surface area contributed by atoms with Gasteiger partial charge in [0.2, 0.25) is 0 Å². The Hall–Kier alpha value is -1.73. The number of thioether (sulfide) groups is 1. The van der Waals surface area contributed by atoms with Crippen molar-refractivity contribution < 1.29 is 9.21 Å². The Bertz CT molecular complexity index is 506. The maximum absolute atomic E-state index is 11.3. The van der Waals surface area contributed by atoms with E-state index in [-0.39, 0.29) is 5.76 Å². The molecule has 0 spiro atoms. The molecule has 0 saturated heterocycles. The minimum Gasteiger partial charge on any atom is -0.456 e. The maximum atomic E-state index is 11.3. The molecular formula is C10H12N4O2S. The molecule has 17 heavy (non-hydrogen) atoms. The number of hydrogen-bond donors (Lipinski definition) is 3. The van der Waals surface area contributed by atoms with Crippen LogP contribution >= 0.6 is 11.8 Å². The molecule has 4 N–H and O–H groups in total. The molecule has 0 unspecified atom stereocenters. The van der Waals surface area contributed by atoms with Crippen LogP contribution in [0.5, 0.6) is 0 Å². The van der Waals surface area contributed by atoms with Crippen molar-refractivity contribution in [1.82, 2.24) is 15.4 Å². The molecule has 0 aliphatic heterocycles. The average molecular weight is 252 g/mol. The van der Waals surface area contributed by atoms with Gasteiger partial charge in [-0.2, -0.15) is 0 Å². The number of carbonyl (C=O) groups is 1. The van der Waals surface area contributed by atoms with E-state index in [1.54, 1.807) is 18.5 Å². The highest BCUT2D eigenvalue weighted by atomic mass is 32.2. The highest BCUT2D eigenvalue weighted by Crippen LogP contribution is 2.23. The van der Waals surface area contributed by atoms with Gasteiger partial charge < -0.3 is 9.40 Å². The van der Waals surface area contributed by atoms with Gasteiger partial charge in [-0.1, -0.05) is 11.8 Å². The molecule has 1 amide bonds. The number of nitrogens with zero attached hydrogens (tertiary/aromatic N) is 1. The fourth-order valence-electron chi connectivity index (χ4n) is 1.32. The lowest BCUT2D eigenvalue weighted by Gasteiger charge is -1.95. The summed E-state index contributed by atoms with van der Waals surface area (Å²) in [6.07, 6.45) is 3.45. The summed E-state index contributed by atoms with van der Waals surface area (Å²) < 4.78 is 5.30. The van der Waals surface area contributed by atoms with Crippen molar-refractivity contribution >= 4 is 17.7 Å². The quantitative estimate of drug-likeness (QED) is 0.329. The van der Waals surface area contributed by atoms with Crippen LogP contribution in [0.2, 0.25) is 0 Å². The Kier molecular flexibility index (Phi) is 3.50. The first-order chi connectivity index (χ1) is 8.20. The second kappa shape index (κ2) is 5.07. The summed E-state index contributed by atoms with van der Waals surface area (Å²) in [5.41, 5.74) is 2.98. The number of H-pyrrole nitrogens is 1. The van der Waals surface area contributed by atoms with E-state index in [1.165, 1.54) is 11.8 Å². The van der Waals surface area contributed by atoms with Crippen LogP contribution < -0.4 is 11.3 Å². The van der Waals surface area contributed by atoms with Crippen LogP contribution in [0, 0.1) is 6.92 Å². The number of nitrogens with one attached hydrogen (secondary N) is 2. The van der Waals surface area contributed by atoms with Crippen molar-refractivity contribution in [1.29, 1.82) is 0 Å². The molecule has 0 atom stereocenters. The van der Waals surface area contributed by atoms with E-state index in [1.807, 2.05) is 12.3 Å². The summed E-state index contributed by atoms with van der Waals surface area (Å²) in [4.78, 5) is 18.3. The van der Waals surface area contributed by atoms with E-state index >= 15 is 0 Å². The third-order valence-corrected chi connectivity index (χ3v) is 3.17. The minimum absolute atomic E-state index is 0.222. The Morgan fingerprint density at radius 2 is 2.53 bits per heavy atom. The first-order valence-corrected chi connectivity index (χ1v) is 5.91. The highest BCUT2D eigenvalue weighted by molar-refractivity contribution is 7.98. The molecule has 0 radical (unpaired) electrons. The highest BCUT2D eigenvalue weighted by Gasteiger charge is 2.13. The minimum atomic E-state index is -0.428. The molecule has 2 rings (SSSR count). The number of nitrogens with two attached hydrogens (primary N) is 1. The summed E-state index contributed by atoms with van der Waals surface area (Å²) in [5.74, 6) is 6.22. The number of aromatic nitrogens is 2. The average Bonchev–Trinajstić information content (AvgIpc) is 2.95. The summed E-state index contributed by atoms with van der Waals surface area (Å²) in [6.45, 7) is 1.81. The van der Waals surface area contributed by atoms with Gasteiger partial charge in [0.05, 0.1) is 0 Å². The van der Waals surface area contributed by atoms with Gasteiger partial charge in [0, 0.05) is 23.7 Å². The van der Waals surface area contributed by atoms with Crippen molar-refractivity contribution in [3.63, 3.8) is 0 Å². The molecule has 7 heteroatoms. The maximum Gasteiger partial charge on any atom is 0.300 e. The number of carbonyl (C=O) groups excluding carboxylic acids is 1. The number of amides is 1. The number of nitrogen functional groups attached to an aromatic ring is 1. The lowest BCUT2D eigenvalue weighted by Crippen LogP contribution is -2.29. The molecule has 2 heterocycles. The van der Waals surface area contributed by atoms with Gasteiger partial charge in [-0.05, 0) is 13.0 Å². The Balaban J connectivity index is 2.06. The first-order valence-electron chi connectivity index (χ1n) is 4.93. The number of furan rings is 1. The lowest BCUT2D eigenvalue weighted by atomic mass is 10.3. The normalized spacial score (nSPS) is 10.5. The molecule has 0 aliphatic rings. The van der Waals surface area contributed by atoms with Crippen LogP contribution in [0.4, 0.5) is 0 Å². The Labute approximate surface area is 102 Å². The summed E-state index contributed by atoms with van der Waals surface area (Å²) >= 11 is 1.54. The predicted octanol–water partition coefficient (Wildman–Crippen LogP) is 1.21. The molecular weight excluding hydrogens is 240 g/mol. The van der Waals surface area contributed by atoms with Crippen LogP contribution in [0.1, 0.15) is 21.9 Å². The van der Waals surface area contributed by atoms with Gasteiger partial charge in [-0.3, -0.25) is 10.2 Å². The van der Waals surface area contributed by atoms with E-state index < -0.39 is 5.91 Å². The second-order valence-electron chi connectivity index (χ2n) is 3.35. The van der Waals surface area contributed by atoms with Crippen molar-refractivity contribution in [3.8, 4) is 0 Å². The van der Waals surface area contributed by atoms with Gasteiger partial charge in [-0.25, -0.2) is 10.8 Å². The SMILES string of the molecule is Cc1oc(C(=O)NN)cc1CSc1ncc[nH]1. The summed E-state index contributed by atoms with van der Waals surface area (Å²) in [5, 5.41) is 0.829. The smallest absolute Gasteiger partial charge is 0.300 e. The molecule has 0 saturated carbocycles. The van der Waals surface area contributed by atoms with E-state index in [0.717, 1.165) is 10.7 Å². The molecule has 0 aliphatic carbocycles. The van der Waals surface area contributed by atoms with Gasteiger partial charge in [0.15, 0.2) is 10.9 Å². The van der Waals surface area contributed by atoms with Gasteiger partial charge >= 0.3 is 5.91 Å². The van der Waals surface area contributed by atoms with Crippen LogP contribution in [0.3, 0.4) is 0 Å². The van der Waals surface area contributed by atoms with E-state index in [9.17, 15) is 4.79 Å². The zero-order chi connectivity index (χ0) is 12.3. The molecule has 0 fully saturated rings. The van der Waals surface area contributed by atoms with Gasteiger partial charge in [0.1, 0.15) is 5.76 Å². The number of aryl methyl sites for hydroxylation is 1. The van der Waals surface area contributed by atoms with Gasteiger partial charge in [-0.15, -0.1) is 0 Å². The van der Waals surface area contributed by atoms with E-state index in [0.29, 0.717) is 11.5 Å². The van der Waals surface area contributed by atoms with Crippen molar-refractivity contribution in [2.45, 2.75) is 17.8 Å². The predicted molar refractivity (Wildman–Crippen MR) is 63.2 cm³/mol. The monoisotopic (exact) mass is 252 g/mol. The number of hydrogen-bond acceptors (Lipinski definition) is 5. The third kappa shape index (κ3) is 2.69. The van der Waals surface area contributed by atoms with Crippen molar-refractivity contribution in [2.24, 2.45) is 5.84 Å². The van der Waals surface area contributed by atoms with E-state index in [2.05, 4.69) is 9.97 Å². The van der Waals surface area contributed by atoms with Gasteiger partial charge in [0.25, 0.3) is 0 Å². The first kappa shape index (κ1) is 11.7. The second-order valence-corrected chi connectivity index (χ2v) is 4.31. The van der Waals surface area contributed by atoms with Crippen LogP contribution in [-0.4, -0.2) is 15.9 Å². The fraction of sp³-hybridized carbons (Fsp3) is 0.200. The molecule has 2 aromatic rings. The zero-order valence-electron chi connectivity index (χ0n) is 9.19. The van der Waals surface area contributed by atoms with E-state index in [4.69, 9.17) is 10.3 Å². The van der Waals surface area contributed by atoms with Crippen molar-refractivity contribution in [3.05, 3.63) is 35.5 Å². The van der Waals surface area contributed by atoms with Crippen LogP contribution in [-0.2, 0) is 5.75 Å². The van der Waals surface area contributed by atoms with Crippen molar-refractivity contribution in [2.75, 3.05) is 0 Å². The number of aromatic amines is 1. The molecule has 2 aromatic heterocycles. The molecule has 0 aromatic carbocycles. The fourth-order valence-corrected chi connectivity index (χ4v) is 2.19. The largest absolute Gasteiger partial charge is 0.456 e. The molecule has 6 nitrogen and oxygen atoms in total. The standard InChI is InChI=1S/C10H12N4O2S/c1-6-7(4-8(16-6)9(15)14-11)5-17-10-12-2-3-13-10/h2-4H,5,11H2,1H3,(H,12,13)(H,14,15). The summed E-state index contributed by atoms with van der Waals surface area (Å²) in [6, 6.07) is 1.69. The summed E-state index contributed by atoms with van der Waals surface area (Å²) in [7, 11) is 0. The lowest BCUT2D eigenvalue weighted by molar-refractivity contribution is 0.0924. The zero-order valence-corrected chi connectivity index (χ0v) is 10.0. The number of imidazole rings is 1. The Morgan fingerprint density at radius 1 is 1.71 bits per heavy atom. The Morgan fingerprint density at radius 3 is 3.18 bits per heavy atom.